The minimum absolute atomic E-state index is 0.108. The molecule has 36 heavy (non-hydrogen) atoms. The SMILES string of the molecule is CC(C)(O)[C@H](NC(=O)C1CCC(NS(=O)(=O)c2ccc(-c3ccccc3)cc2)CC1)c1ccccc1. The molecule has 190 valence electrons. The summed E-state index contributed by atoms with van der Waals surface area (Å²) in [4.78, 5) is 13.3. The number of hydrogen-bond donors (Lipinski definition) is 3. The zero-order valence-corrected chi connectivity index (χ0v) is 21.5. The van der Waals surface area contributed by atoms with Gasteiger partial charge in [-0.2, -0.15) is 0 Å². The smallest absolute Gasteiger partial charge is 0.240 e. The van der Waals surface area contributed by atoms with Crippen LogP contribution in [0.2, 0.25) is 0 Å². The molecular weight excluding hydrogens is 472 g/mol. The van der Waals surface area contributed by atoms with Crippen molar-refractivity contribution in [3.63, 3.8) is 0 Å². The summed E-state index contributed by atoms with van der Waals surface area (Å²) in [5, 5.41) is 13.7. The fourth-order valence-electron chi connectivity index (χ4n) is 4.79. The zero-order valence-electron chi connectivity index (χ0n) is 20.7. The summed E-state index contributed by atoms with van der Waals surface area (Å²) in [6, 6.07) is 25.4. The molecule has 0 unspecified atom stereocenters. The Bertz CT molecular complexity index is 1250. The van der Waals surface area contributed by atoms with Crippen LogP contribution in [0.25, 0.3) is 11.1 Å². The molecule has 6 nitrogen and oxygen atoms in total. The summed E-state index contributed by atoms with van der Waals surface area (Å²) in [6.07, 6.45) is 2.33. The predicted molar refractivity (Wildman–Crippen MR) is 142 cm³/mol. The summed E-state index contributed by atoms with van der Waals surface area (Å²) in [5.41, 5.74) is 1.71. The minimum Gasteiger partial charge on any atom is -0.388 e. The molecule has 0 heterocycles. The summed E-state index contributed by atoms with van der Waals surface area (Å²) in [6.45, 7) is 3.37. The van der Waals surface area contributed by atoms with Crippen molar-refractivity contribution in [2.75, 3.05) is 0 Å². The molecule has 1 amide bonds. The number of hydrogen-bond acceptors (Lipinski definition) is 4. The molecule has 7 heteroatoms. The number of carbonyl (C=O) groups excluding carboxylic acids is 1. The predicted octanol–water partition coefficient (Wildman–Crippen LogP) is 4.82. The highest BCUT2D eigenvalue weighted by Crippen LogP contribution is 2.30. The number of rotatable bonds is 8. The summed E-state index contributed by atoms with van der Waals surface area (Å²) in [7, 11) is -3.65. The van der Waals surface area contributed by atoms with Gasteiger partial charge in [0.1, 0.15) is 0 Å². The fourth-order valence-corrected chi connectivity index (χ4v) is 6.10. The number of amides is 1. The van der Waals surface area contributed by atoms with Crippen LogP contribution in [-0.4, -0.2) is 31.1 Å². The van der Waals surface area contributed by atoms with Crippen LogP contribution in [0.1, 0.15) is 51.1 Å². The van der Waals surface area contributed by atoms with E-state index >= 15 is 0 Å². The van der Waals surface area contributed by atoms with Gasteiger partial charge in [0.2, 0.25) is 15.9 Å². The Balaban J connectivity index is 1.34. The monoisotopic (exact) mass is 506 g/mol. The average molecular weight is 507 g/mol. The van der Waals surface area contributed by atoms with Crippen LogP contribution in [0.15, 0.2) is 89.8 Å². The van der Waals surface area contributed by atoms with Gasteiger partial charge in [-0.25, -0.2) is 13.1 Å². The Labute approximate surface area is 213 Å². The van der Waals surface area contributed by atoms with E-state index in [4.69, 9.17) is 0 Å². The molecule has 1 saturated carbocycles. The van der Waals surface area contributed by atoms with Crippen molar-refractivity contribution >= 4 is 15.9 Å². The van der Waals surface area contributed by atoms with Gasteiger partial charge in [0.05, 0.1) is 16.5 Å². The molecule has 0 bridgehead atoms. The molecule has 0 aromatic heterocycles. The first-order chi connectivity index (χ1) is 17.1. The van der Waals surface area contributed by atoms with E-state index in [1.807, 2.05) is 72.8 Å². The van der Waals surface area contributed by atoms with Gasteiger partial charge in [-0.15, -0.1) is 0 Å². The van der Waals surface area contributed by atoms with E-state index in [1.54, 1.807) is 26.0 Å². The minimum atomic E-state index is -3.65. The van der Waals surface area contributed by atoms with E-state index in [-0.39, 0.29) is 22.8 Å². The van der Waals surface area contributed by atoms with Crippen LogP contribution in [0.4, 0.5) is 0 Å². The van der Waals surface area contributed by atoms with E-state index in [9.17, 15) is 18.3 Å². The second-order valence-electron chi connectivity index (χ2n) is 10.1. The maximum atomic E-state index is 13.0. The molecular formula is C29H34N2O4S. The molecule has 1 atom stereocenters. The molecule has 1 aliphatic carbocycles. The zero-order chi connectivity index (χ0) is 25.8. The highest BCUT2D eigenvalue weighted by molar-refractivity contribution is 7.89. The Morgan fingerprint density at radius 3 is 1.92 bits per heavy atom. The Morgan fingerprint density at radius 1 is 0.833 bits per heavy atom. The van der Waals surface area contributed by atoms with Crippen molar-refractivity contribution in [1.82, 2.24) is 10.0 Å². The largest absolute Gasteiger partial charge is 0.388 e. The lowest BCUT2D eigenvalue weighted by Crippen LogP contribution is -2.46. The molecule has 0 aliphatic heterocycles. The summed E-state index contributed by atoms with van der Waals surface area (Å²) >= 11 is 0. The lowest BCUT2D eigenvalue weighted by Gasteiger charge is -2.34. The third kappa shape index (κ3) is 6.40. The highest BCUT2D eigenvalue weighted by atomic mass is 32.2. The summed E-state index contributed by atoms with van der Waals surface area (Å²) in [5.74, 6) is -0.326. The fraction of sp³-hybridized carbons (Fsp3) is 0.345. The van der Waals surface area contributed by atoms with Crippen molar-refractivity contribution < 1.29 is 18.3 Å². The Morgan fingerprint density at radius 2 is 1.36 bits per heavy atom. The van der Waals surface area contributed by atoms with Crippen LogP contribution in [0, 0.1) is 5.92 Å². The van der Waals surface area contributed by atoms with Gasteiger partial charge in [0.25, 0.3) is 0 Å². The van der Waals surface area contributed by atoms with E-state index in [1.165, 1.54) is 0 Å². The quantitative estimate of drug-likeness (QED) is 0.408. The Hall–Kier alpha value is -3.00. The Kier molecular flexibility index (Phi) is 7.93. The van der Waals surface area contributed by atoms with Gasteiger partial charge in [-0.05, 0) is 68.4 Å². The highest BCUT2D eigenvalue weighted by Gasteiger charge is 2.34. The number of benzene rings is 3. The van der Waals surface area contributed by atoms with Crippen molar-refractivity contribution in [1.29, 1.82) is 0 Å². The number of aliphatic hydroxyl groups is 1. The molecule has 0 radical (unpaired) electrons. The lowest BCUT2D eigenvalue weighted by atomic mass is 9.84. The van der Waals surface area contributed by atoms with Crippen LogP contribution in [0.3, 0.4) is 0 Å². The van der Waals surface area contributed by atoms with Crippen molar-refractivity contribution in [3.8, 4) is 11.1 Å². The molecule has 3 aromatic carbocycles. The van der Waals surface area contributed by atoms with Crippen molar-refractivity contribution in [2.24, 2.45) is 5.92 Å². The third-order valence-electron chi connectivity index (χ3n) is 6.82. The van der Waals surface area contributed by atoms with Gasteiger partial charge in [-0.1, -0.05) is 72.8 Å². The average Bonchev–Trinajstić information content (AvgIpc) is 2.88. The maximum Gasteiger partial charge on any atom is 0.240 e. The number of carbonyl (C=O) groups is 1. The van der Waals surface area contributed by atoms with Crippen LogP contribution in [0.5, 0.6) is 0 Å². The normalized spacial score (nSPS) is 19.4. The van der Waals surface area contributed by atoms with E-state index in [0.29, 0.717) is 25.7 Å². The second kappa shape index (κ2) is 10.9. The van der Waals surface area contributed by atoms with Gasteiger partial charge in [-0.3, -0.25) is 4.79 Å². The molecule has 1 aliphatic rings. The van der Waals surface area contributed by atoms with E-state index in [0.717, 1.165) is 16.7 Å². The maximum absolute atomic E-state index is 13.0. The van der Waals surface area contributed by atoms with E-state index in [2.05, 4.69) is 10.0 Å². The molecule has 4 rings (SSSR count). The lowest BCUT2D eigenvalue weighted by molar-refractivity contribution is -0.128. The number of sulfonamides is 1. The van der Waals surface area contributed by atoms with Crippen molar-refractivity contribution in [3.05, 3.63) is 90.5 Å². The first kappa shape index (κ1) is 26.1. The molecule has 3 N–H and O–H groups in total. The first-order valence-corrected chi connectivity index (χ1v) is 13.9. The van der Waals surface area contributed by atoms with Gasteiger partial charge in [0, 0.05) is 12.0 Å². The van der Waals surface area contributed by atoms with Crippen molar-refractivity contribution in [2.45, 2.75) is 62.1 Å². The standard InChI is InChI=1S/C29H34N2O4S/c1-29(2,33)27(23-11-7-4-8-12-23)30-28(32)24-13-17-25(18-14-24)31-36(34,35)26-19-15-22(16-20-26)21-9-5-3-6-10-21/h3-12,15-16,19-20,24-25,27,31,33H,13-14,17-18H2,1-2H3,(H,30,32)/t24?,25?,27-/m1/s1. The van der Waals surface area contributed by atoms with Crippen LogP contribution < -0.4 is 10.0 Å². The second-order valence-corrected chi connectivity index (χ2v) is 11.8. The topological polar surface area (TPSA) is 95.5 Å². The van der Waals surface area contributed by atoms with E-state index < -0.39 is 21.7 Å². The summed E-state index contributed by atoms with van der Waals surface area (Å²) < 4.78 is 28.7. The van der Waals surface area contributed by atoms with Gasteiger partial charge < -0.3 is 10.4 Å². The third-order valence-corrected chi connectivity index (χ3v) is 8.35. The van der Waals surface area contributed by atoms with Crippen LogP contribution in [-0.2, 0) is 14.8 Å². The number of nitrogens with one attached hydrogen (secondary N) is 2. The van der Waals surface area contributed by atoms with Crippen LogP contribution >= 0.6 is 0 Å². The molecule has 0 saturated heterocycles. The molecule has 0 spiro atoms. The first-order valence-electron chi connectivity index (χ1n) is 12.4. The van der Waals surface area contributed by atoms with Gasteiger partial charge in [0.15, 0.2) is 0 Å². The van der Waals surface area contributed by atoms with Gasteiger partial charge >= 0.3 is 0 Å². The molecule has 1 fully saturated rings. The molecule has 3 aromatic rings.